The van der Waals surface area contributed by atoms with Gasteiger partial charge in [0.2, 0.25) is 6.10 Å². The van der Waals surface area contributed by atoms with Crippen LogP contribution in [-0.2, 0) is 29.3 Å². The van der Waals surface area contributed by atoms with E-state index in [9.17, 15) is 14.4 Å². The fourth-order valence-electron chi connectivity index (χ4n) is 5.36. The zero-order valence-corrected chi connectivity index (χ0v) is 22.7. The molecule has 5 rings (SSSR count). The first-order valence-corrected chi connectivity index (χ1v) is 13.0. The van der Waals surface area contributed by atoms with Gasteiger partial charge in [-0.05, 0) is 63.9 Å². The van der Waals surface area contributed by atoms with Gasteiger partial charge in [0.15, 0.2) is 0 Å². The van der Waals surface area contributed by atoms with E-state index in [-0.39, 0.29) is 0 Å². The van der Waals surface area contributed by atoms with Gasteiger partial charge in [-0.2, -0.15) is 0 Å². The number of carbonyl (C=O) groups is 3. The average molecular weight is 529 g/mol. The van der Waals surface area contributed by atoms with Crippen LogP contribution in [-0.4, -0.2) is 35.8 Å². The molecular weight excluding hydrogens is 496 g/mol. The third kappa shape index (κ3) is 4.44. The monoisotopic (exact) mass is 528 g/mol. The van der Waals surface area contributed by atoms with Crippen LogP contribution in [0.4, 0.5) is 16.2 Å². The van der Waals surface area contributed by atoms with Gasteiger partial charge in [0.25, 0.3) is 5.91 Å². The van der Waals surface area contributed by atoms with Crippen molar-refractivity contribution in [3.05, 3.63) is 96.1 Å². The second-order valence-corrected chi connectivity index (χ2v) is 11.0. The summed E-state index contributed by atoms with van der Waals surface area (Å²) >= 11 is 0. The van der Waals surface area contributed by atoms with Crippen LogP contribution in [0.5, 0.6) is 0 Å². The number of fused-ring (bicyclic) bond motifs is 2. The Balaban J connectivity index is 1.79. The summed E-state index contributed by atoms with van der Waals surface area (Å²) in [4.78, 5) is 49.6. The predicted molar refractivity (Wildman–Crippen MR) is 146 cm³/mol. The molecule has 0 N–H and O–H groups in total. The highest BCUT2D eigenvalue weighted by molar-refractivity contribution is 6.23. The van der Waals surface area contributed by atoms with E-state index in [0.717, 1.165) is 10.5 Å². The summed E-state index contributed by atoms with van der Waals surface area (Å²) in [5.41, 5.74) is -0.296. The summed E-state index contributed by atoms with van der Waals surface area (Å²) in [5.74, 6) is -1.31. The molecule has 3 aromatic carbocycles. The van der Waals surface area contributed by atoms with E-state index in [1.165, 1.54) is 0 Å². The summed E-state index contributed by atoms with van der Waals surface area (Å²) in [7, 11) is 0. The number of amides is 2. The summed E-state index contributed by atoms with van der Waals surface area (Å²) in [5, 5.41) is 1.59. The topological polar surface area (TPSA) is 85.4 Å². The molecule has 202 valence electrons. The summed E-state index contributed by atoms with van der Waals surface area (Å²) < 4.78 is 11.3. The molecule has 2 heterocycles. The number of para-hydroxylation sites is 2. The van der Waals surface area contributed by atoms with E-state index in [2.05, 4.69) is 0 Å². The molecule has 0 unspecified atom stereocenters. The van der Waals surface area contributed by atoms with E-state index in [4.69, 9.17) is 14.3 Å². The Morgan fingerprint density at radius 2 is 1.49 bits per heavy atom. The Kier molecular flexibility index (Phi) is 6.68. The Morgan fingerprint density at radius 3 is 2.10 bits per heavy atom. The number of benzene rings is 3. The quantitative estimate of drug-likeness (QED) is 0.401. The molecule has 1 spiro atoms. The molecule has 2 amide bonds. The third-order valence-corrected chi connectivity index (χ3v) is 6.71. The number of hydrogen-bond acceptors (Lipinski definition) is 7. The van der Waals surface area contributed by atoms with Crippen molar-refractivity contribution in [1.82, 2.24) is 0 Å². The van der Waals surface area contributed by atoms with Crippen molar-refractivity contribution in [2.45, 2.75) is 63.9 Å². The Bertz CT molecular complexity index is 1380. The highest BCUT2D eigenvalue weighted by atomic mass is 16.7. The number of carbonyl (C=O) groups excluding carboxylic acids is 3. The summed E-state index contributed by atoms with van der Waals surface area (Å²) in [6, 6.07) is 24.8. The zero-order chi connectivity index (χ0) is 27.9. The second-order valence-electron chi connectivity index (χ2n) is 11.0. The lowest BCUT2D eigenvalue weighted by Gasteiger charge is -2.34. The standard InChI is InChI=1S/C31H32N2O6/c1-20(2)37-27(34)26-31(23-18-12-13-19-24(23)32(28(31)35)29(36)38-30(3,4)5)25(21-14-8-6-9-15-21)33(39-26)22-16-10-7-11-17-22/h6-20,25-26H,1-5H3/t25-,26+,31-/m1/s1. The molecule has 1 fully saturated rings. The average Bonchev–Trinajstić information content (AvgIpc) is 3.38. The number of anilines is 2. The minimum Gasteiger partial charge on any atom is -0.461 e. The molecule has 3 atom stereocenters. The van der Waals surface area contributed by atoms with E-state index in [1.54, 1.807) is 63.9 Å². The zero-order valence-electron chi connectivity index (χ0n) is 22.7. The van der Waals surface area contributed by atoms with Gasteiger partial charge >= 0.3 is 12.1 Å². The van der Waals surface area contributed by atoms with Crippen molar-refractivity contribution in [3.63, 3.8) is 0 Å². The molecule has 0 saturated carbocycles. The Morgan fingerprint density at radius 1 is 0.897 bits per heavy atom. The number of ether oxygens (including phenoxy) is 2. The molecule has 2 aliphatic rings. The van der Waals surface area contributed by atoms with E-state index >= 15 is 0 Å². The lowest BCUT2D eigenvalue weighted by atomic mass is 9.69. The van der Waals surface area contributed by atoms with Gasteiger partial charge in [0.1, 0.15) is 17.1 Å². The van der Waals surface area contributed by atoms with Gasteiger partial charge in [-0.1, -0.05) is 66.7 Å². The second kappa shape index (κ2) is 9.85. The maximum atomic E-state index is 14.8. The van der Waals surface area contributed by atoms with Crippen LogP contribution >= 0.6 is 0 Å². The van der Waals surface area contributed by atoms with Gasteiger partial charge < -0.3 is 9.47 Å². The first-order chi connectivity index (χ1) is 18.6. The highest BCUT2D eigenvalue weighted by Crippen LogP contribution is 2.59. The fourth-order valence-corrected chi connectivity index (χ4v) is 5.36. The normalized spacial score (nSPS) is 22.4. The predicted octanol–water partition coefficient (Wildman–Crippen LogP) is 5.72. The molecule has 3 aromatic rings. The molecule has 0 radical (unpaired) electrons. The van der Waals surface area contributed by atoms with Crippen molar-refractivity contribution < 1.29 is 28.7 Å². The Hall–Kier alpha value is -4.17. The number of hydrogen-bond donors (Lipinski definition) is 0. The van der Waals surface area contributed by atoms with Gasteiger partial charge in [0.05, 0.1) is 17.5 Å². The minimum atomic E-state index is -1.66. The Labute approximate surface area is 228 Å². The van der Waals surface area contributed by atoms with Gasteiger partial charge in [-0.25, -0.2) is 19.6 Å². The van der Waals surface area contributed by atoms with E-state index < -0.39 is 47.2 Å². The van der Waals surface area contributed by atoms with Crippen LogP contribution in [0.2, 0.25) is 0 Å². The van der Waals surface area contributed by atoms with E-state index in [0.29, 0.717) is 16.9 Å². The molecule has 0 aliphatic carbocycles. The lowest BCUT2D eigenvalue weighted by molar-refractivity contribution is -0.163. The van der Waals surface area contributed by atoms with Crippen LogP contribution in [0.25, 0.3) is 0 Å². The molecule has 0 bridgehead atoms. The lowest BCUT2D eigenvalue weighted by Crippen LogP contribution is -2.54. The molecule has 1 saturated heterocycles. The fraction of sp³-hybridized carbons (Fsp3) is 0.323. The van der Waals surface area contributed by atoms with Crippen molar-refractivity contribution >= 4 is 29.3 Å². The van der Waals surface area contributed by atoms with Crippen molar-refractivity contribution in [2.75, 3.05) is 9.96 Å². The maximum Gasteiger partial charge on any atom is 0.421 e. The molecule has 8 nitrogen and oxygen atoms in total. The van der Waals surface area contributed by atoms with Crippen LogP contribution in [0, 0.1) is 0 Å². The minimum absolute atomic E-state index is 0.346. The first-order valence-electron chi connectivity index (χ1n) is 13.0. The van der Waals surface area contributed by atoms with Crippen LogP contribution in [0.3, 0.4) is 0 Å². The number of nitrogens with zero attached hydrogens (tertiary/aromatic N) is 2. The van der Waals surface area contributed by atoms with Crippen molar-refractivity contribution in [2.24, 2.45) is 0 Å². The van der Waals surface area contributed by atoms with Crippen LogP contribution in [0.15, 0.2) is 84.9 Å². The number of hydroxylamine groups is 1. The summed E-state index contributed by atoms with van der Waals surface area (Å²) in [6.45, 7) is 8.68. The smallest absolute Gasteiger partial charge is 0.421 e. The highest BCUT2D eigenvalue weighted by Gasteiger charge is 2.71. The third-order valence-electron chi connectivity index (χ3n) is 6.71. The van der Waals surface area contributed by atoms with Crippen molar-refractivity contribution in [1.29, 1.82) is 0 Å². The molecular formula is C31H32N2O6. The molecule has 2 aliphatic heterocycles. The van der Waals surface area contributed by atoms with Crippen molar-refractivity contribution in [3.8, 4) is 0 Å². The molecule has 0 aromatic heterocycles. The number of imide groups is 1. The van der Waals surface area contributed by atoms with Gasteiger partial charge in [-0.3, -0.25) is 9.63 Å². The van der Waals surface area contributed by atoms with Crippen LogP contribution in [0.1, 0.15) is 51.8 Å². The first kappa shape index (κ1) is 26.4. The molecule has 8 heteroatoms. The van der Waals surface area contributed by atoms with Gasteiger partial charge in [0, 0.05) is 0 Å². The maximum absolute atomic E-state index is 14.8. The molecule has 39 heavy (non-hydrogen) atoms. The largest absolute Gasteiger partial charge is 0.461 e. The number of rotatable bonds is 4. The van der Waals surface area contributed by atoms with Crippen LogP contribution < -0.4 is 9.96 Å². The summed E-state index contributed by atoms with van der Waals surface area (Å²) in [6.07, 6.45) is -2.66. The van der Waals surface area contributed by atoms with Gasteiger partial charge in [-0.15, -0.1) is 0 Å². The van der Waals surface area contributed by atoms with E-state index in [1.807, 2.05) is 60.7 Å². The number of esters is 1. The SMILES string of the molecule is CC(C)OC(=O)[C@@H]1ON(c2ccccc2)[C@H](c2ccccc2)[C@@]12C(=O)N(C(=O)OC(C)(C)C)c1ccccc12.